The summed E-state index contributed by atoms with van der Waals surface area (Å²) in [4.78, 5) is 12.7. The molecule has 0 aromatic heterocycles. The summed E-state index contributed by atoms with van der Waals surface area (Å²) in [6, 6.07) is 13.2. The molecular weight excluding hydrogens is 419 g/mol. The molecule has 3 atom stereocenters. The Morgan fingerprint density at radius 2 is 2.00 bits per heavy atom. The van der Waals surface area contributed by atoms with E-state index >= 15 is 0 Å². The number of aliphatic hydroxyl groups is 1. The first-order valence-electron chi connectivity index (χ1n) is 10.0. The van der Waals surface area contributed by atoms with Crippen LogP contribution in [0.3, 0.4) is 0 Å². The highest BCUT2D eigenvalue weighted by molar-refractivity contribution is 6.32. The number of fused-ring (bicyclic) bond motifs is 1. The van der Waals surface area contributed by atoms with E-state index in [1.165, 1.54) is 5.56 Å². The van der Waals surface area contributed by atoms with E-state index in [-0.39, 0.29) is 17.5 Å². The zero-order valence-corrected chi connectivity index (χ0v) is 18.2. The Kier molecular flexibility index (Phi) is 5.92. The molecular formula is C24H24Cl2N2O2. The van der Waals surface area contributed by atoms with Gasteiger partial charge >= 0.3 is 6.03 Å². The van der Waals surface area contributed by atoms with Gasteiger partial charge in [0.25, 0.3) is 0 Å². The van der Waals surface area contributed by atoms with Crippen molar-refractivity contribution in [2.75, 3.05) is 10.6 Å². The van der Waals surface area contributed by atoms with Crippen LogP contribution in [0.25, 0.3) is 0 Å². The Labute approximate surface area is 186 Å². The third-order valence-corrected chi connectivity index (χ3v) is 6.75. The van der Waals surface area contributed by atoms with Gasteiger partial charge in [0, 0.05) is 28.2 Å². The van der Waals surface area contributed by atoms with Crippen molar-refractivity contribution >= 4 is 40.6 Å². The molecule has 0 fully saturated rings. The van der Waals surface area contributed by atoms with E-state index in [4.69, 9.17) is 23.2 Å². The number of aliphatic hydroxyl groups excluding tert-OH is 1. The Balaban J connectivity index is 1.51. The first-order valence-corrected chi connectivity index (χ1v) is 10.8. The lowest BCUT2D eigenvalue weighted by molar-refractivity contribution is 0.159. The van der Waals surface area contributed by atoms with Crippen molar-refractivity contribution in [2.45, 2.75) is 43.1 Å². The van der Waals surface area contributed by atoms with E-state index < -0.39 is 5.41 Å². The fourth-order valence-electron chi connectivity index (χ4n) is 4.07. The fourth-order valence-corrected chi connectivity index (χ4v) is 4.66. The summed E-state index contributed by atoms with van der Waals surface area (Å²) in [5.41, 5.74) is 4.16. The van der Waals surface area contributed by atoms with Crippen LogP contribution in [0.4, 0.5) is 16.2 Å². The number of alkyl halides is 1. The second kappa shape index (κ2) is 8.46. The monoisotopic (exact) mass is 442 g/mol. The van der Waals surface area contributed by atoms with Crippen LogP contribution in [0.15, 0.2) is 65.7 Å². The molecule has 0 bridgehead atoms. The topological polar surface area (TPSA) is 61.4 Å². The summed E-state index contributed by atoms with van der Waals surface area (Å²) in [5.74, 6) is 0. The minimum Gasteiger partial charge on any atom is -0.393 e. The minimum atomic E-state index is -0.428. The van der Waals surface area contributed by atoms with Gasteiger partial charge in [0.15, 0.2) is 0 Å². The van der Waals surface area contributed by atoms with Gasteiger partial charge in [0.05, 0.1) is 11.5 Å². The number of aryl methyl sites for hydroxylation is 1. The summed E-state index contributed by atoms with van der Waals surface area (Å²) < 4.78 is 0. The molecule has 0 saturated heterocycles. The van der Waals surface area contributed by atoms with Crippen molar-refractivity contribution in [3.63, 3.8) is 0 Å². The number of anilines is 2. The molecule has 4 rings (SSSR count). The van der Waals surface area contributed by atoms with Gasteiger partial charge in [0.1, 0.15) is 0 Å². The Morgan fingerprint density at radius 3 is 2.80 bits per heavy atom. The molecule has 2 aromatic carbocycles. The first kappa shape index (κ1) is 21.0. The third-order valence-electron chi connectivity index (χ3n) is 5.92. The Hall–Kier alpha value is -2.27. The number of hydrogen-bond acceptors (Lipinski definition) is 2. The summed E-state index contributed by atoms with van der Waals surface area (Å²) in [6.45, 7) is 2.04. The van der Waals surface area contributed by atoms with Crippen molar-refractivity contribution in [3.05, 3.63) is 82.4 Å². The molecule has 0 heterocycles. The Bertz CT molecular complexity index is 1030. The van der Waals surface area contributed by atoms with E-state index in [2.05, 4.69) is 16.7 Å². The van der Waals surface area contributed by atoms with E-state index in [1.807, 2.05) is 61.5 Å². The summed E-state index contributed by atoms with van der Waals surface area (Å²) >= 11 is 12.6. The van der Waals surface area contributed by atoms with E-state index in [0.717, 1.165) is 29.7 Å². The number of rotatable bonds is 3. The van der Waals surface area contributed by atoms with Crippen molar-refractivity contribution < 1.29 is 9.90 Å². The van der Waals surface area contributed by atoms with Crippen LogP contribution in [0.1, 0.15) is 30.0 Å². The maximum Gasteiger partial charge on any atom is 0.323 e. The number of amides is 2. The molecule has 3 unspecified atom stereocenters. The van der Waals surface area contributed by atoms with Crippen LogP contribution < -0.4 is 10.6 Å². The lowest BCUT2D eigenvalue weighted by atomic mass is 9.77. The van der Waals surface area contributed by atoms with Gasteiger partial charge in [-0.05, 0) is 59.9 Å². The number of hydrogen-bond donors (Lipinski definition) is 3. The lowest BCUT2D eigenvalue weighted by Crippen LogP contribution is -2.31. The molecule has 2 aliphatic carbocycles. The second-order valence-electron chi connectivity index (χ2n) is 8.07. The van der Waals surface area contributed by atoms with Gasteiger partial charge < -0.3 is 15.7 Å². The van der Waals surface area contributed by atoms with Gasteiger partial charge in [-0.1, -0.05) is 48.9 Å². The summed E-state index contributed by atoms with van der Waals surface area (Å²) in [5, 5.41) is 16.2. The molecule has 0 spiro atoms. The van der Waals surface area contributed by atoms with Crippen LogP contribution in [0, 0.1) is 0 Å². The number of urea groups is 1. The summed E-state index contributed by atoms with van der Waals surface area (Å²) in [7, 11) is 0. The van der Waals surface area contributed by atoms with Crippen molar-refractivity contribution in [1.29, 1.82) is 0 Å². The number of carbonyl (C=O) groups is 1. The molecule has 3 N–H and O–H groups in total. The molecule has 4 nitrogen and oxygen atoms in total. The van der Waals surface area contributed by atoms with Crippen LogP contribution >= 0.6 is 23.2 Å². The molecule has 2 aromatic rings. The van der Waals surface area contributed by atoms with Gasteiger partial charge in [0.2, 0.25) is 0 Å². The largest absolute Gasteiger partial charge is 0.393 e. The molecule has 2 amide bonds. The number of allylic oxidation sites excluding steroid dienone is 4. The van der Waals surface area contributed by atoms with E-state index in [0.29, 0.717) is 17.1 Å². The zero-order valence-electron chi connectivity index (χ0n) is 16.7. The predicted octanol–water partition coefficient (Wildman–Crippen LogP) is 5.74. The molecule has 156 valence electrons. The second-order valence-corrected chi connectivity index (χ2v) is 8.98. The molecule has 2 aliphatic rings. The van der Waals surface area contributed by atoms with Gasteiger partial charge in [-0.15, -0.1) is 11.6 Å². The SMILES string of the molecule is CC1(c2cccc(NC(=O)Nc3cccc4c3CC(O)CC4)c2)C=CC(Cl)=CC1Cl. The highest BCUT2D eigenvalue weighted by Crippen LogP contribution is 2.38. The first-order chi connectivity index (χ1) is 14.3. The average Bonchev–Trinajstić information content (AvgIpc) is 2.72. The highest BCUT2D eigenvalue weighted by atomic mass is 35.5. The number of halogens is 2. The highest BCUT2D eigenvalue weighted by Gasteiger charge is 2.33. The van der Waals surface area contributed by atoms with Gasteiger partial charge in [-0.25, -0.2) is 4.79 Å². The van der Waals surface area contributed by atoms with E-state index in [9.17, 15) is 9.90 Å². The normalized spacial score (nSPS) is 25.3. The van der Waals surface area contributed by atoms with Gasteiger partial charge in [-0.2, -0.15) is 0 Å². The molecule has 6 heteroatoms. The van der Waals surface area contributed by atoms with Crippen molar-refractivity contribution in [2.24, 2.45) is 0 Å². The van der Waals surface area contributed by atoms with E-state index in [1.54, 1.807) is 0 Å². The van der Waals surface area contributed by atoms with Gasteiger partial charge in [-0.3, -0.25) is 0 Å². The molecule has 0 radical (unpaired) electrons. The molecule has 0 saturated carbocycles. The third kappa shape index (κ3) is 4.27. The Morgan fingerprint density at radius 1 is 1.20 bits per heavy atom. The number of benzene rings is 2. The fraction of sp³-hybridized carbons (Fsp3) is 0.292. The maximum absolute atomic E-state index is 12.7. The van der Waals surface area contributed by atoms with Crippen LogP contribution in [0.5, 0.6) is 0 Å². The van der Waals surface area contributed by atoms with Crippen LogP contribution in [-0.2, 0) is 18.3 Å². The average molecular weight is 443 g/mol. The zero-order chi connectivity index (χ0) is 21.3. The number of carbonyl (C=O) groups excluding carboxylic acids is 1. The molecule has 0 aliphatic heterocycles. The quantitative estimate of drug-likeness (QED) is 0.530. The maximum atomic E-state index is 12.7. The summed E-state index contributed by atoms with van der Waals surface area (Å²) in [6.07, 6.45) is 7.43. The number of nitrogens with one attached hydrogen (secondary N) is 2. The minimum absolute atomic E-state index is 0.290. The van der Waals surface area contributed by atoms with Crippen LogP contribution in [0.2, 0.25) is 0 Å². The van der Waals surface area contributed by atoms with Crippen molar-refractivity contribution in [3.8, 4) is 0 Å². The standard InChI is InChI=1S/C24H24Cl2N2O2/c1-24(11-10-17(25)13-22(24)26)16-5-3-6-18(12-16)27-23(30)28-21-7-2-4-15-8-9-19(29)14-20(15)21/h2-7,10-13,19,22,29H,8-9,14H2,1H3,(H2,27,28,30). The predicted molar refractivity (Wildman–Crippen MR) is 124 cm³/mol. The smallest absolute Gasteiger partial charge is 0.323 e. The van der Waals surface area contributed by atoms with Crippen molar-refractivity contribution in [1.82, 2.24) is 0 Å². The lowest BCUT2D eigenvalue weighted by Gasteiger charge is -2.33. The van der Waals surface area contributed by atoms with Crippen LogP contribution in [-0.4, -0.2) is 22.6 Å². The molecule has 30 heavy (non-hydrogen) atoms.